The van der Waals surface area contributed by atoms with Crippen LogP contribution in [0.2, 0.25) is 0 Å². The molecule has 0 saturated carbocycles. The lowest BCUT2D eigenvalue weighted by atomic mass is 9.76. The van der Waals surface area contributed by atoms with Crippen molar-refractivity contribution in [2.24, 2.45) is 5.92 Å². The van der Waals surface area contributed by atoms with Crippen LogP contribution in [0.3, 0.4) is 0 Å². The number of nitrogens with zero attached hydrogens (tertiary/aromatic N) is 1. The van der Waals surface area contributed by atoms with Crippen LogP contribution < -0.4 is 5.32 Å². The van der Waals surface area contributed by atoms with Crippen molar-refractivity contribution in [2.75, 3.05) is 39.4 Å². The Morgan fingerprint density at radius 2 is 1.47 bits per heavy atom. The van der Waals surface area contributed by atoms with E-state index in [1.54, 1.807) is 0 Å². The summed E-state index contributed by atoms with van der Waals surface area (Å²) in [6, 6.07) is 21.9. The summed E-state index contributed by atoms with van der Waals surface area (Å²) in [6.07, 6.45) is 6.80. The number of rotatable bonds is 14. The zero-order valence-corrected chi connectivity index (χ0v) is 20.0. The molecule has 2 aromatic rings. The molecular weight excluding hydrogens is 428 g/mol. The molecule has 1 fully saturated rings. The number of carbonyl (C=O) groups excluding carboxylic acids is 1. The highest BCUT2D eigenvalue weighted by Crippen LogP contribution is 2.37. The zero-order chi connectivity index (χ0) is 24.0. The number of benzene rings is 2. The Morgan fingerprint density at radius 1 is 0.882 bits per heavy atom. The largest absolute Gasteiger partial charge is 0.480 e. The average Bonchev–Trinajstić information content (AvgIpc) is 2.85. The van der Waals surface area contributed by atoms with Crippen molar-refractivity contribution in [3.63, 3.8) is 0 Å². The lowest BCUT2D eigenvalue weighted by Crippen LogP contribution is -2.36. The van der Waals surface area contributed by atoms with Crippen molar-refractivity contribution < 1.29 is 19.4 Å². The number of hydrogen-bond acceptors (Lipinski definition) is 4. The van der Waals surface area contributed by atoms with Gasteiger partial charge in [0.25, 0.3) is 0 Å². The minimum atomic E-state index is -1.07. The van der Waals surface area contributed by atoms with Gasteiger partial charge in [-0.2, -0.15) is 0 Å². The summed E-state index contributed by atoms with van der Waals surface area (Å²) < 4.78 is 4.77. The molecule has 1 aliphatic heterocycles. The van der Waals surface area contributed by atoms with Crippen molar-refractivity contribution in [3.05, 3.63) is 71.8 Å². The Kier molecular flexibility index (Phi) is 11.1. The van der Waals surface area contributed by atoms with E-state index in [9.17, 15) is 9.59 Å². The summed E-state index contributed by atoms with van der Waals surface area (Å²) in [5.74, 6) is -0.184. The normalized spacial score (nSPS) is 14.9. The highest BCUT2D eigenvalue weighted by atomic mass is 16.5. The summed E-state index contributed by atoms with van der Waals surface area (Å²) >= 11 is 0. The maximum atomic E-state index is 11.5. The molecule has 0 aliphatic carbocycles. The molecule has 1 aliphatic rings. The molecule has 1 amide bonds. The molecule has 1 heterocycles. The van der Waals surface area contributed by atoms with E-state index < -0.39 is 12.6 Å². The van der Waals surface area contributed by atoms with Gasteiger partial charge in [0.2, 0.25) is 5.91 Å². The van der Waals surface area contributed by atoms with Crippen LogP contribution in [0.15, 0.2) is 60.7 Å². The smallest absolute Gasteiger partial charge is 0.329 e. The number of carboxylic acid groups (broad SMARTS) is 1. The van der Waals surface area contributed by atoms with E-state index in [4.69, 9.17) is 9.84 Å². The SMILES string of the molecule is O=C(O)COCC(=O)NCCCCCCN1CCC(C(c2ccccc2)c2ccccc2)CC1. The van der Waals surface area contributed by atoms with Crippen molar-refractivity contribution in [2.45, 2.75) is 44.4 Å². The lowest BCUT2D eigenvalue weighted by molar-refractivity contribution is -0.143. The lowest BCUT2D eigenvalue weighted by Gasteiger charge is -2.36. The first-order valence-electron chi connectivity index (χ1n) is 12.5. The quantitative estimate of drug-likeness (QED) is 0.406. The standard InChI is InChI=1S/C28H38N2O4/c31-26(21-34-22-27(32)33)29-17-9-1-2-10-18-30-19-15-25(16-20-30)28(23-11-5-3-6-12-23)24-13-7-4-8-14-24/h3-8,11-14,25,28H,1-2,9-10,15-22H2,(H,29,31)(H,32,33). The van der Waals surface area contributed by atoms with Crippen molar-refractivity contribution in [1.29, 1.82) is 0 Å². The number of amides is 1. The number of likely N-dealkylation sites (tertiary alicyclic amines) is 1. The van der Waals surface area contributed by atoms with Gasteiger partial charge in [-0.25, -0.2) is 4.79 Å². The second-order valence-electron chi connectivity index (χ2n) is 9.13. The molecule has 0 aromatic heterocycles. The fraction of sp³-hybridized carbons (Fsp3) is 0.500. The molecule has 184 valence electrons. The van der Waals surface area contributed by atoms with E-state index >= 15 is 0 Å². The van der Waals surface area contributed by atoms with Crippen LogP contribution in [0.4, 0.5) is 0 Å². The number of aliphatic carboxylic acids is 1. The van der Waals surface area contributed by atoms with Gasteiger partial charge in [-0.05, 0) is 62.4 Å². The van der Waals surface area contributed by atoms with Crippen LogP contribution in [-0.2, 0) is 14.3 Å². The van der Waals surface area contributed by atoms with Crippen LogP contribution in [0.5, 0.6) is 0 Å². The molecule has 3 rings (SSSR count). The molecule has 0 unspecified atom stereocenters. The molecule has 0 bridgehead atoms. The van der Waals surface area contributed by atoms with Crippen LogP contribution in [0, 0.1) is 5.92 Å². The third kappa shape index (κ3) is 8.92. The molecule has 1 saturated heterocycles. The zero-order valence-electron chi connectivity index (χ0n) is 20.0. The monoisotopic (exact) mass is 466 g/mol. The van der Waals surface area contributed by atoms with Crippen molar-refractivity contribution >= 4 is 11.9 Å². The number of piperidine rings is 1. The minimum absolute atomic E-state index is 0.197. The average molecular weight is 467 g/mol. The Morgan fingerprint density at radius 3 is 2.06 bits per heavy atom. The molecule has 0 radical (unpaired) electrons. The Labute approximate surface area is 203 Å². The summed E-state index contributed by atoms with van der Waals surface area (Å²) in [6.45, 7) is 3.44. The highest BCUT2D eigenvalue weighted by Gasteiger charge is 2.28. The van der Waals surface area contributed by atoms with Crippen LogP contribution in [0.25, 0.3) is 0 Å². The Bertz CT molecular complexity index is 812. The third-order valence-electron chi connectivity index (χ3n) is 6.60. The first kappa shape index (κ1) is 25.9. The van der Waals surface area contributed by atoms with Gasteiger partial charge in [-0.1, -0.05) is 73.5 Å². The molecule has 6 heteroatoms. The maximum Gasteiger partial charge on any atom is 0.329 e. The minimum Gasteiger partial charge on any atom is -0.480 e. The van der Waals surface area contributed by atoms with Crippen molar-refractivity contribution in [1.82, 2.24) is 10.2 Å². The van der Waals surface area contributed by atoms with E-state index in [2.05, 4.69) is 70.9 Å². The van der Waals surface area contributed by atoms with E-state index in [0.717, 1.165) is 38.9 Å². The van der Waals surface area contributed by atoms with E-state index in [1.807, 2.05) is 0 Å². The molecular formula is C28H38N2O4. The fourth-order valence-electron chi connectivity index (χ4n) is 4.89. The highest BCUT2D eigenvalue weighted by molar-refractivity contribution is 5.77. The fourth-order valence-corrected chi connectivity index (χ4v) is 4.89. The van der Waals surface area contributed by atoms with Crippen LogP contribution in [-0.4, -0.2) is 61.3 Å². The second-order valence-corrected chi connectivity index (χ2v) is 9.13. The maximum absolute atomic E-state index is 11.5. The van der Waals surface area contributed by atoms with Gasteiger partial charge in [0, 0.05) is 12.5 Å². The molecule has 2 N–H and O–H groups in total. The third-order valence-corrected chi connectivity index (χ3v) is 6.60. The number of ether oxygens (including phenoxy) is 1. The molecule has 0 spiro atoms. The summed E-state index contributed by atoms with van der Waals surface area (Å²) in [4.78, 5) is 24.5. The molecule has 34 heavy (non-hydrogen) atoms. The first-order valence-corrected chi connectivity index (χ1v) is 12.5. The summed E-state index contributed by atoms with van der Waals surface area (Å²) in [7, 11) is 0. The van der Waals surface area contributed by atoms with Gasteiger partial charge in [-0.15, -0.1) is 0 Å². The number of unbranched alkanes of at least 4 members (excludes halogenated alkanes) is 3. The van der Waals surface area contributed by atoms with Gasteiger partial charge in [0.15, 0.2) is 0 Å². The van der Waals surface area contributed by atoms with E-state index in [1.165, 1.54) is 30.4 Å². The van der Waals surface area contributed by atoms with Gasteiger partial charge in [0.05, 0.1) is 0 Å². The second kappa shape index (κ2) is 14.5. The molecule has 6 nitrogen and oxygen atoms in total. The first-order chi connectivity index (χ1) is 16.6. The number of hydrogen-bond donors (Lipinski definition) is 2. The van der Waals surface area contributed by atoms with Gasteiger partial charge >= 0.3 is 5.97 Å². The van der Waals surface area contributed by atoms with E-state index in [0.29, 0.717) is 18.4 Å². The van der Waals surface area contributed by atoms with Crippen LogP contribution in [0.1, 0.15) is 55.6 Å². The van der Waals surface area contributed by atoms with Crippen molar-refractivity contribution in [3.8, 4) is 0 Å². The van der Waals surface area contributed by atoms with Crippen LogP contribution >= 0.6 is 0 Å². The van der Waals surface area contributed by atoms with Gasteiger partial charge in [0.1, 0.15) is 13.2 Å². The summed E-state index contributed by atoms with van der Waals surface area (Å²) in [5.41, 5.74) is 2.85. The predicted molar refractivity (Wildman–Crippen MR) is 134 cm³/mol. The number of nitrogens with one attached hydrogen (secondary N) is 1. The Balaban J connectivity index is 1.31. The molecule has 0 atom stereocenters. The van der Waals surface area contributed by atoms with Gasteiger partial charge in [-0.3, -0.25) is 4.79 Å². The van der Waals surface area contributed by atoms with E-state index in [-0.39, 0.29) is 12.5 Å². The topological polar surface area (TPSA) is 78.9 Å². The predicted octanol–water partition coefficient (Wildman–Crippen LogP) is 4.31. The van der Waals surface area contributed by atoms with Gasteiger partial charge < -0.3 is 20.1 Å². The number of carboxylic acids is 1. The molecule has 2 aromatic carbocycles. The summed E-state index contributed by atoms with van der Waals surface area (Å²) in [5, 5.41) is 11.3. The number of carbonyl (C=O) groups is 2. The Hall–Kier alpha value is -2.70.